The molecule has 2 aliphatic carbocycles. The summed E-state index contributed by atoms with van der Waals surface area (Å²) < 4.78 is 0. The van der Waals surface area contributed by atoms with E-state index in [2.05, 4.69) is 6.92 Å². The topological polar surface area (TPSA) is 20.2 Å². The second-order valence-electron chi connectivity index (χ2n) is 5.28. The Kier molecular flexibility index (Phi) is 2.64. The van der Waals surface area contributed by atoms with E-state index in [1.165, 1.54) is 44.9 Å². The van der Waals surface area contributed by atoms with Gasteiger partial charge in [0.05, 0.1) is 0 Å². The van der Waals surface area contributed by atoms with E-state index in [4.69, 9.17) is 0 Å². The monoisotopic (exact) mass is 182 g/mol. The molecule has 2 saturated carbocycles. The standard InChI is InChI=1S/C12H22O/c1-2-3-4-5-12(9-13)7-10-6-11(10)8-12/h10-11,13H,2-9H2,1H3. The van der Waals surface area contributed by atoms with Gasteiger partial charge in [0.1, 0.15) is 0 Å². The molecule has 2 atom stereocenters. The van der Waals surface area contributed by atoms with Crippen LogP contribution in [0.3, 0.4) is 0 Å². The molecule has 0 heterocycles. The van der Waals surface area contributed by atoms with Gasteiger partial charge in [-0.3, -0.25) is 0 Å². The van der Waals surface area contributed by atoms with Crippen LogP contribution in [0, 0.1) is 17.3 Å². The fourth-order valence-corrected chi connectivity index (χ4v) is 3.17. The van der Waals surface area contributed by atoms with Crippen molar-refractivity contribution in [1.82, 2.24) is 0 Å². The number of hydrogen-bond acceptors (Lipinski definition) is 1. The number of hydrogen-bond donors (Lipinski definition) is 1. The second-order valence-corrected chi connectivity index (χ2v) is 5.28. The van der Waals surface area contributed by atoms with Crippen molar-refractivity contribution in [2.75, 3.05) is 6.61 Å². The average Bonchev–Trinajstić information content (AvgIpc) is 2.76. The minimum Gasteiger partial charge on any atom is -0.396 e. The van der Waals surface area contributed by atoms with Gasteiger partial charge in [0.2, 0.25) is 0 Å². The molecule has 0 spiro atoms. The molecule has 1 heteroatoms. The van der Waals surface area contributed by atoms with E-state index < -0.39 is 0 Å². The summed E-state index contributed by atoms with van der Waals surface area (Å²) in [5.74, 6) is 2.02. The first kappa shape index (κ1) is 9.51. The van der Waals surface area contributed by atoms with E-state index in [0.717, 1.165) is 11.8 Å². The average molecular weight is 182 g/mol. The molecule has 0 saturated heterocycles. The Morgan fingerprint density at radius 2 is 1.92 bits per heavy atom. The van der Waals surface area contributed by atoms with E-state index in [-0.39, 0.29) is 0 Å². The molecule has 2 rings (SSSR count). The first-order chi connectivity index (χ1) is 6.29. The quantitative estimate of drug-likeness (QED) is 0.648. The molecule has 0 aromatic rings. The third-order valence-electron chi connectivity index (χ3n) is 4.11. The Hall–Kier alpha value is -0.0400. The van der Waals surface area contributed by atoms with Crippen molar-refractivity contribution in [3.05, 3.63) is 0 Å². The van der Waals surface area contributed by atoms with Crippen molar-refractivity contribution >= 4 is 0 Å². The van der Waals surface area contributed by atoms with Gasteiger partial charge in [-0.1, -0.05) is 26.2 Å². The summed E-state index contributed by atoms with van der Waals surface area (Å²) in [5, 5.41) is 9.45. The highest BCUT2D eigenvalue weighted by Crippen LogP contribution is 2.61. The lowest BCUT2D eigenvalue weighted by Crippen LogP contribution is -2.23. The van der Waals surface area contributed by atoms with E-state index >= 15 is 0 Å². The summed E-state index contributed by atoms with van der Waals surface area (Å²) in [4.78, 5) is 0. The number of rotatable bonds is 5. The Labute approximate surface area is 81.5 Å². The summed E-state index contributed by atoms with van der Waals surface area (Å²) in [6.45, 7) is 2.70. The molecule has 2 unspecified atom stereocenters. The summed E-state index contributed by atoms with van der Waals surface area (Å²) >= 11 is 0. The summed E-state index contributed by atoms with van der Waals surface area (Å²) in [7, 11) is 0. The number of unbranched alkanes of at least 4 members (excludes halogenated alkanes) is 2. The molecule has 0 radical (unpaired) electrons. The lowest BCUT2D eigenvalue weighted by molar-refractivity contribution is 0.104. The minimum absolute atomic E-state index is 0.364. The molecular weight excluding hydrogens is 160 g/mol. The van der Waals surface area contributed by atoms with Gasteiger partial charge in [-0.15, -0.1) is 0 Å². The molecule has 76 valence electrons. The highest BCUT2D eigenvalue weighted by molar-refractivity contribution is 5.02. The van der Waals surface area contributed by atoms with Gasteiger partial charge >= 0.3 is 0 Å². The molecule has 2 aliphatic rings. The molecule has 0 aromatic carbocycles. The van der Waals surface area contributed by atoms with Crippen molar-refractivity contribution in [2.45, 2.75) is 51.9 Å². The Balaban J connectivity index is 1.78. The lowest BCUT2D eigenvalue weighted by Gasteiger charge is -2.28. The zero-order chi connectivity index (χ0) is 9.31. The van der Waals surface area contributed by atoms with Gasteiger partial charge in [-0.2, -0.15) is 0 Å². The summed E-state index contributed by atoms with van der Waals surface area (Å²) in [6, 6.07) is 0. The van der Waals surface area contributed by atoms with Crippen LogP contribution in [0.1, 0.15) is 51.9 Å². The third-order valence-corrected chi connectivity index (χ3v) is 4.11. The van der Waals surface area contributed by atoms with Crippen LogP contribution in [-0.2, 0) is 0 Å². The maximum Gasteiger partial charge on any atom is 0.0487 e. The van der Waals surface area contributed by atoms with Crippen molar-refractivity contribution in [3.8, 4) is 0 Å². The van der Waals surface area contributed by atoms with Crippen LogP contribution in [-0.4, -0.2) is 11.7 Å². The van der Waals surface area contributed by atoms with Crippen LogP contribution >= 0.6 is 0 Å². The summed E-state index contributed by atoms with van der Waals surface area (Å²) in [5.41, 5.74) is 0.364. The van der Waals surface area contributed by atoms with Gasteiger partial charge in [-0.25, -0.2) is 0 Å². The Bertz CT molecular complexity index is 166. The first-order valence-corrected chi connectivity index (χ1v) is 5.90. The van der Waals surface area contributed by atoms with Gasteiger partial charge in [0, 0.05) is 6.61 Å². The summed E-state index contributed by atoms with van der Waals surface area (Å²) in [6.07, 6.45) is 9.39. The minimum atomic E-state index is 0.364. The van der Waals surface area contributed by atoms with Crippen LogP contribution in [0.15, 0.2) is 0 Å². The Morgan fingerprint density at radius 3 is 2.46 bits per heavy atom. The van der Waals surface area contributed by atoms with Gasteiger partial charge in [0.15, 0.2) is 0 Å². The van der Waals surface area contributed by atoms with E-state index in [1.807, 2.05) is 0 Å². The zero-order valence-corrected chi connectivity index (χ0v) is 8.76. The van der Waals surface area contributed by atoms with Gasteiger partial charge in [0.25, 0.3) is 0 Å². The number of fused-ring (bicyclic) bond motifs is 1. The predicted molar refractivity (Wildman–Crippen MR) is 54.5 cm³/mol. The fourth-order valence-electron chi connectivity index (χ4n) is 3.17. The number of aliphatic hydroxyl groups is 1. The highest BCUT2D eigenvalue weighted by atomic mass is 16.3. The molecule has 13 heavy (non-hydrogen) atoms. The predicted octanol–water partition coefficient (Wildman–Crippen LogP) is 2.98. The third kappa shape index (κ3) is 1.90. The van der Waals surface area contributed by atoms with Crippen LogP contribution < -0.4 is 0 Å². The fraction of sp³-hybridized carbons (Fsp3) is 1.00. The van der Waals surface area contributed by atoms with Crippen LogP contribution in [0.25, 0.3) is 0 Å². The molecular formula is C12H22O. The van der Waals surface area contributed by atoms with Gasteiger partial charge in [-0.05, 0) is 42.9 Å². The Morgan fingerprint density at radius 1 is 1.23 bits per heavy atom. The molecule has 0 aromatic heterocycles. The largest absolute Gasteiger partial charge is 0.396 e. The van der Waals surface area contributed by atoms with Crippen molar-refractivity contribution in [1.29, 1.82) is 0 Å². The normalized spacial score (nSPS) is 42.0. The van der Waals surface area contributed by atoms with Crippen LogP contribution in [0.5, 0.6) is 0 Å². The van der Waals surface area contributed by atoms with Crippen molar-refractivity contribution in [2.24, 2.45) is 17.3 Å². The van der Waals surface area contributed by atoms with Crippen LogP contribution in [0.2, 0.25) is 0 Å². The number of aliphatic hydroxyl groups excluding tert-OH is 1. The molecule has 2 fully saturated rings. The smallest absolute Gasteiger partial charge is 0.0487 e. The maximum absolute atomic E-state index is 9.45. The molecule has 1 nitrogen and oxygen atoms in total. The molecule has 0 aliphatic heterocycles. The highest BCUT2D eigenvalue weighted by Gasteiger charge is 2.52. The van der Waals surface area contributed by atoms with E-state index in [1.54, 1.807) is 0 Å². The zero-order valence-electron chi connectivity index (χ0n) is 8.76. The van der Waals surface area contributed by atoms with E-state index in [9.17, 15) is 5.11 Å². The van der Waals surface area contributed by atoms with E-state index in [0.29, 0.717) is 12.0 Å². The lowest BCUT2D eigenvalue weighted by atomic mass is 9.79. The van der Waals surface area contributed by atoms with Gasteiger partial charge < -0.3 is 5.11 Å². The van der Waals surface area contributed by atoms with Crippen LogP contribution in [0.4, 0.5) is 0 Å². The molecule has 0 bridgehead atoms. The molecule has 1 N–H and O–H groups in total. The maximum atomic E-state index is 9.45. The first-order valence-electron chi connectivity index (χ1n) is 5.90. The SMILES string of the molecule is CCCCCC1(CO)CC2CC2C1. The van der Waals surface area contributed by atoms with Crippen molar-refractivity contribution < 1.29 is 5.11 Å². The molecule has 0 amide bonds. The van der Waals surface area contributed by atoms with Crippen molar-refractivity contribution in [3.63, 3.8) is 0 Å². The second kappa shape index (κ2) is 3.61.